The molecule has 1 fully saturated rings. The van der Waals surface area contributed by atoms with Crippen molar-refractivity contribution in [2.24, 2.45) is 11.3 Å². The van der Waals surface area contributed by atoms with E-state index in [1.54, 1.807) is 0 Å². The molecule has 0 radical (unpaired) electrons. The van der Waals surface area contributed by atoms with Crippen LogP contribution in [0.3, 0.4) is 0 Å². The normalized spacial score (nSPS) is 26.3. The summed E-state index contributed by atoms with van der Waals surface area (Å²) < 4.78 is 0.905. The van der Waals surface area contributed by atoms with Crippen molar-refractivity contribution in [1.29, 1.82) is 0 Å². The minimum absolute atomic E-state index is 0.394. The lowest BCUT2D eigenvalue weighted by Crippen LogP contribution is -2.22. The van der Waals surface area contributed by atoms with Crippen molar-refractivity contribution >= 4 is 44.8 Å². The van der Waals surface area contributed by atoms with Crippen molar-refractivity contribution in [3.8, 4) is 0 Å². The van der Waals surface area contributed by atoms with E-state index >= 15 is 0 Å². The molecule has 2 rings (SSSR count). The molecule has 1 aliphatic carbocycles. The van der Waals surface area contributed by atoms with Gasteiger partial charge in [-0.1, -0.05) is 59.9 Å². The molecule has 0 saturated heterocycles. The topological polar surface area (TPSA) is 12.0 Å². The highest BCUT2D eigenvalue weighted by Gasteiger charge is 2.36. The molecular weight excluding hydrogens is 333 g/mol. The zero-order chi connectivity index (χ0) is 13.5. The van der Waals surface area contributed by atoms with Crippen molar-refractivity contribution in [3.05, 3.63) is 26.7 Å². The molecular formula is C14H18BrCl2N. The Morgan fingerprint density at radius 2 is 1.78 bits per heavy atom. The summed E-state index contributed by atoms with van der Waals surface area (Å²) in [5, 5.41) is 4.87. The van der Waals surface area contributed by atoms with E-state index in [2.05, 4.69) is 42.0 Å². The summed E-state index contributed by atoms with van der Waals surface area (Å²) in [7, 11) is 0. The molecule has 2 unspecified atom stereocenters. The first-order valence-corrected chi connectivity index (χ1v) is 7.74. The van der Waals surface area contributed by atoms with Gasteiger partial charge in [-0.05, 0) is 36.3 Å². The molecule has 4 heteroatoms. The molecule has 0 bridgehead atoms. The molecule has 1 nitrogen and oxygen atoms in total. The highest BCUT2D eigenvalue weighted by atomic mass is 79.9. The van der Waals surface area contributed by atoms with Crippen LogP contribution in [0.1, 0.15) is 33.6 Å². The van der Waals surface area contributed by atoms with Gasteiger partial charge in [0.25, 0.3) is 0 Å². The summed E-state index contributed by atoms with van der Waals surface area (Å²) in [5.74, 6) is 0.635. The van der Waals surface area contributed by atoms with Crippen LogP contribution in [0.4, 0.5) is 5.69 Å². The van der Waals surface area contributed by atoms with Crippen LogP contribution < -0.4 is 5.32 Å². The summed E-state index contributed by atoms with van der Waals surface area (Å²) in [4.78, 5) is 0. The molecule has 1 saturated carbocycles. The maximum Gasteiger partial charge on any atom is 0.0722 e. The van der Waals surface area contributed by atoms with Gasteiger partial charge in [0.05, 0.1) is 15.7 Å². The smallest absolute Gasteiger partial charge is 0.0722 e. The number of benzene rings is 1. The summed E-state index contributed by atoms with van der Waals surface area (Å²) in [6.45, 7) is 6.92. The quantitative estimate of drug-likeness (QED) is 0.690. The fourth-order valence-corrected chi connectivity index (χ4v) is 4.27. The van der Waals surface area contributed by atoms with Crippen LogP contribution in [-0.2, 0) is 0 Å². The standard InChI is InChI=1S/C14H18BrCl2N/c1-8-6-14(2,3)7-12(8)18-13-10(16)4-9(15)5-11(13)17/h4-5,8,12,18H,6-7H2,1-3H3. The Morgan fingerprint density at radius 3 is 2.22 bits per heavy atom. The van der Waals surface area contributed by atoms with E-state index < -0.39 is 0 Å². The van der Waals surface area contributed by atoms with Crippen molar-refractivity contribution in [2.75, 3.05) is 5.32 Å². The van der Waals surface area contributed by atoms with Gasteiger partial charge in [-0.2, -0.15) is 0 Å². The van der Waals surface area contributed by atoms with Crippen molar-refractivity contribution in [1.82, 2.24) is 0 Å². The number of anilines is 1. The minimum Gasteiger partial charge on any atom is -0.380 e. The molecule has 1 aromatic carbocycles. The van der Waals surface area contributed by atoms with Gasteiger partial charge in [0.2, 0.25) is 0 Å². The molecule has 0 aliphatic heterocycles. The van der Waals surface area contributed by atoms with Gasteiger partial charge >= 0.3 is 0 Å². The van der Waals surface area contributed by atoms with Gasteiger partial charge in [0.15, 0.2) is 0 Å². The fourth-order valence-electron chi connectivity index (χ4n) is 2.95. The maximum atomic E-state index is 6.26. The predicted molar refractivity (Wildman–Crippen MR) is 83.8 cm³/mol. The second-order valence-corrected chi connectivity index (χ2v) is 7.78. The van der Waals surface area contributed by atoms with E-state index in [-0.39, 0.29) is 0 Å². The largest absolute Gasteiger partial charge is 0.380 e. The average molecular weight is 351 g/mol. The number of halogens is 3. The molecule has 1 N–H and O–H groups in total. The number of hydrogen-bond donors (Lipinski definition) is 1. The van der Waals surface area contributed by atoms with Gasteiger partial charge in [-0.3, -0.25) is 0 Å². The zero-order valence-corrected chi connectivity index (χ0v) is 14.0. The van der Waals surface area contributed by atoms with E-state index in [9.17, 15) is 0 Å². The van der Waals surface area contributed by atoms with Crippen LogP contribution in [0.5, 0.6) is 0 Å². The Kier molecular flexibility index (Phi) is 4.20. The molecule has 0 aromatic heterocycles. The Labute approximate surface area is 127 Å². The van der Waals surface area contributed by atoms with Crippen LogP contribution in [0, 0.1) is 11.3 Å². The number of rotatable bonds is 2. The maximum absolute atomic E-state index is 6.26. The monoisotopic (exact) mass is 349 g/mol. The van der Waals surface area contributed by atoms with E-state index in [1.165, 1.54) is 6.42 Å². The average Bonchev–Trinajstić information content (AvgIpc) is 2.45. The summed E-state index contributed by atoms with van der Waals surface area (Å²) in [6, 6.07) is 4.19. The van der Waals surface area contributed by atoms with Crippen LogP contribution in [0.25, 0.3) is 0 Å². The minimum atomic E-state index is 0.394. The fraction of sp³-hybridized carbons (Fsp3) is 0.571. The van der Waals surface area contributed by atoms with Crippen molar-refractivity contribution in [3.63, 3.8) is 0 Å². The first-order valence-electron chi connectivity index (χ1n) is 6.19. The van der Waals surface area contributed by atoms with Crippen molar-refractivity contribution < 1.29 is 0 Å². The van der Waals surface area contributed by atoms with Gasteiger partial charge in [0, 0.05) is 10.5 Å². The van der Waals surface area contributed by atoms with Crippen LogP contribution in [0.2, 0.25) is 10.0 Å². The lowest BCUT2D eigenvalue weighted by Gasteiger charge is -2.21. The van der Waals surface area contributed by atoms with Gasteiger partial charge in [-0.25, -0.2) is 0 Å². The Morgan fingerprint density at radius 1 is 1.22 bits per heavy atom. The second-order valence-electron chi connectivity index (χ2n) is 6.05. The third-order valence-corrected chi connectivity index (χ3v) is 4.72. The number of hydrogen-bond acceptors (Lipinski definition) is 1. The number of nitrogens with one attached hydrogen (secondary N) is 1. The van der Waals surface area contributed by atoms with E-state index in [0.717, 1.165) is 16.6 Å². The molecule has 100 valence electrons. The molecule has 0 heterocycles. The summed E-state index contributed by atoms with van der Waals surface area (Å²) >= 11 is 15.9. The van der Waals surface area contributed by atoms with Crippen molar-refractivity contribution in [2.45, 2.75) is 39.7 Å². The molecule has 0 amide bonds. The molecule has 0 spiro atoms. The van der Waals surface area contributed by atoms with Gasteiger partial charge in [0.1, 0.15) is 0 Å². The Hall–Kier alpha value is 0.0800. The van der Waals surface area contributed by atoms with E-state index in [4.69, 9.17) is 23.2 Å². The third-order valence-electron chi connectivity index (χ3n) is 3.67. The predicted octanol–water partition coefficient (Wildman–Crippen LogP) is 5.99. The first-order chi connectivity index (χ1) is 8.28. The molecule has 1 aliphatic rings. The van der Waals surface area contributed by atoms with Crippen LogP contribution in [0.15, 0.2) is 16.6 Å². The Bertz CT molecular complexity index is 436. The van der Waals surface area contributed by atoms with Crippen LogP contribution in [-0.4, -0.2) is 6.04 Å². The third kappa shape index (κ3) is 3.15. The lowest BCUT2D eigenvalue weighted by molar-refractivity contribution is 0.366. The molecule has 18 heavy (non-hydrogen) atoms. The molecule has 2 atom stereocenters. The van der Waals surface area contributed by atoms with Crippen LogP contribution >= 0.6 is 39.1 Å². The van der Waals surface area contributed by atoms with Gasteiger partial charge < -0.3 is 5.32 Å². The summed E-state index contributed by atoms with van der Waals surface area (Å²) in [5.41, 5.74) is 1.25. The zero-order valence-electron chi connectivity index (χ0n) is 10.9. The highest BCUT2D eigenvalue weighted by Crippen LogP contribution is 2.44. The summed E-state index contributed by atoms with van der Waals surface area (Å²) in [6.07, 6.45) is 2.38. The van der Waals surface area contributed by atoms with Gasteiger partial charge in [-0.15, -0.1) is 0 Å². The van der Waals surface area contributed by atoms with E-state index in [0.29, 0.717) is 27.4 Å². The molecule has 1 aromatic rings. The lowest BCUT2D eigenvalue weighted by atomic mass is 9.91. The second kappa shape index (κ2) is 5.22. The van der Waals surface area contributed by atoms with E-state index in [1.807, 2.05) is 12.1 Å². The SMILES string of the molecule is CC1CC(C)(C)CC1Nc1c(Cl)cc(Br)cc1Cl. The highest BCUT2D eigenvalue weighted by molar-refractivity contribution is 9.10. The Balaban J connectivity index is 2.20. The first kappa shape index (κ1) is 14.5.